The molecule has 1 amide bonds. The molecular weight excluding hydrogens is 388 g/mol. The third-order valence-electron chi connectivity index (χ3n) is 3.56. The first-order chi connectivity index (χ1) is 13.1. The van der Waals surface area contributed by atoms with E-state index in [9.17, 15) is 9.59 Å². The van der Waals surface area contributed by atoms with E-state index in [0.29, 0.717) is 27.0 Å². The van der Waals surface area contributed by atoms with Gasteiger partial charge in [-0.05, 0) is 26.0 Å². The number of anilines is 1. The highest BCUT2D eigenvalue weighted by Crippen LogP contribution is 2.36. The molecule has 3 rings (SSSR count). The van der Waals surface area contributed by atoms with Crippen LogP contribution in [0, 0.1) is 0 Å². The van der Waals surface area contributed by atoms with E-state index < -0.39 is 5.97 Å². The van der Waals surface area contributed by atoms with Gasteiger partial charge in [-0.2, -0.15) is 0 Å². The van der Waals surface area contributed by atoms with E-state index in [1.54, 1.807) is 30.8 Å². The van der Waals surface area contributed by atoms with Crippen molar-refractivity contribution in [2.75, 3.05) is 17.7 Å². The van der Waals surface area contributed by atoms with E-state index in [0.717, 1.165) is 6.54 Å². The number of nitrogens with zero attached hydrogens (tertiary/aromatic N) is 3. The molecule has 8 nitrogen and oxygen atoms in total. The molecule has 27 heavy (non-hydrogen) atoms. The lowest BCUT2D eigenvalue weighted by atomic mass is 10.1. The van der Waals surface area contributed by atoms with Crippen LogP contribution in [0.3, 0.4) is 0 Å². The summed E-state index contributed by atoms with van der Waals surface area (Å²) in [5.74, 6) is -0.0577. The van der Waals surface area contributed by atoms with Crippen molar-refractivity contribution in [2.45, 2.75) is 25.5 Å². The Balaban J connectivity index is 1.75. The summed E-state index contributed by atoms with van der Waals surface area (Å²) in [6.45, 7) is 4.67. The summed E-state index contributed by atoms with van der Waals surface area (Å²) < 4.78 is 12.4. The lowest BCUT2D eigenvalue weighted by Gasteiger charge is -2.08. The van der Waals surface area contributed by atoms with Gasteiger partial charge in [0.15, 0.2) is 5.16 Å². The Labute approximate surface area is 163 Å². The minimum absolute atomic E-state index is 0.148. The summed E-state index contributed by atoms with van der Waals surface area (Å²) in [6, 6.07) is 3.49. The van der Waals surface area contributed by atoms with Crippen LogP contribution in [0.15, 0.2) is 39.7 Å². The summed E-state index contributed by atoms with van der Waals surface area (Å²) in [7, 11) is 0. The zero-order valence-electron chi connectivity index (χ0n) is 14.8. The van der Waals surface area contributed by atoms with Crippen molar-refractivity contribution >= 4 is 40.0 Å². The van der Waals surface area contributed by atoms with E-state index in [1.807, 2.05) is 11.5 Å². The predicted octanol–water partition coefficient (Wildman–Crippen LogP) is 3.53. The van der Waals surface area contributed by atoms with E-state index >= 15 is 0 Å². The van der Waals surface area contributed by atoms with Crippen LogP contribution >= 0.6 is 23.1 Å². The Morgan fingerprint density at radius 1 is 1.41 bits per heavy atom. The van der Waals surface area contributed by atoms with Crippen LogP contribution in [0.25, 0.3) is 11.3 Å². The summed E-state index contributed by atoms with van der Waals surface area (Å²) >= 11 is 2.53. The normalized spacial score (nSPS) is 10.7. The van der Waals surface area contributed by atoms with Gasteiger partial charge in [0.2, 0.25) is 5.91 Å². The number of carbonyl (C=O) groups is 2. The van der Waals surface area contributed by atoms with Gasteiger partial charge in [-0.15, -0.1) is 21.5 Å². The number of carbonyl (C=O) groups excluding carboxylic acids is 2. The first kappa shape index (κ1) is 19.2. The lowest BCUT2D eigenvalue weighted by molar-refractivity contribution is -0.113. The molecule has 3 aromatic heterocycles. The summed E-state index contributed by atoms with van der Waals surface area (Å²) in [5.41, 5.74) is 0.893. The summed E-state index contributed by atoms with van der Waals surface area (Å²) in [5, 5.41) is 13.5. The maximum absolute atomic E-state index is 12.4. The molecule has 0 aromatic carbocycles. The van der Waals surface area contributed by atoms with Crippen LogP contribution < -0.4 is 5.32 Å². The number of aromatic nitrogens is 3. The Hall–Kier alpha value is -2.59. The minimum Gasteiger partial charge on any atom is -0.464 e. The molecule has 142 valence electrons. The second-order valence-electron chi connectivity index (χ2n) is 5.29. The van der Waals surface area contributed by atoms with Crippen molar-refractivity contribution in [3.05, 3.63) is 35.7 Å². The fourth-order valence-corrected chi connectivity index (χ4v) is 4.07. The van der Waals surface area contributed by atoms with Gasteiger partial charge in [0.25, 0.3) is 0 Å². The molecule has 3 heterocycles. The van der Waals surface area contributed by atoms with Crippen molar-refractivity contribution in [1.29, 1.82) is 0 Å². The molecule has 0 unspecified atom stereocenters. The zero-order valence-corrected chi connectivity index (χ0v) is 16.4. The first-order valence-corrected chi connectivity index (χ1v) is 10.1. The topological polar surface area (TPSA) is 99.2 Å². The van der Waals surface area contributed by atoms with Crippen molar-refractivity contribution in [1.82, 2.24) is 14.8 Å². The second kappa shape index (κ2) is 8.87. The number of thioether (sulfide) groups is 1. The zero-order chi connectivity index (χ0) is 19.2. The Morgan fingerprint density at radius 3 is 2.96 bits per heavy atom. The number of hydrogen-bond donors (Lipinski definition) is 1. The minimum atomic E-state index is -0.501. The molecule has 0 aliphatic heterocycles. The van der Waals surface area contributed by atoms with Crippen molar-refractivity contribution in [3.8, 4) is 11.3 Å². The highest BCUT2D eigenvalue weighted by atomic mass is 32.2. The van der Waals surface area contributed by atoms with Crippen LogP contribution in [-0.4, -0.2) is 39.0 Å². The quantitative estimate of drug-likeness (QED) is 0.451. The number of rotatable bonds is 8. The fraction of sp³-hybridized carbons (Fsp3) is 0.294. The van der Waals surface area contributed by atoms with Crippen LogP contribution in [0.5, 0.6) is 0 Å². The number of esters is 1. The monoisotopic (exact) mass is 406 g/mol. The van der Waals surface area contributed by atoms with Crippen LogP contribution in [0.2, 0.25) is 0 Å². The molecule has 0 radical (unpaired) electrons. The molecular formula is C17H18N4O4S2. The summed E-state index contributed by atoms with van der Waals surface area (Å²) in [6.07, 6.45) is 3.15. The molecule has 0 aliphatic rings. The molecule has 0 fully saturated rings. The molecule has 1 N–H and O–H groups in total. The smallest absolute Gasteiger partial charge is 0.341 e. The Kier molecular flexibility index (Phi) is 6.30. The highest BCUT2D eigenvalue weighted by molar-refractivity contribution is 7.99. The predicted molar refractivity (Wildman–Crippen MR) is 103 cm³/mol. The van der Waals surface area contributed by atoms with Crippen molar-refractivity contribution in [3.63, 3.8) is 0 Å². The highest BCUT2D eigenvalue weighted by Gasteiger charge is 2.24. The van der Waals surface area contributed by atoms with Gasteiger partial charge in [0, 0.05) is 17.5 Å². The molecule has 0 saturated carbocycles. The lowest BCUT2D eigenvalue weighted by Crippen LogP contribution is -2.16. The average molecular weight is 406 g/mol. The Morgan fingerprint density at radius 2 is 2.26 bits per heavy atom. The molecule has 0 bridgehead atoms. The maximum Gasteiger partial charge on any atom is 0.341 e. The van der Waals surface area contributed by atoms with Gasteiger partial charge in [-0.1, -0.05) is 11.8 Å². The number of amides is 1. The molecule has 0 aliphatic carbocycles. The third kappa shape index (κ3) is 4.40. The van der Waals surface area contributed by atoms with E-state index in [1.165, 1.54) is 29.4 Å². The summed E-state index contributed by atoms with van der Waals surface area (Å²) in [4.78, 5) is 24.8. The number of thiophene rings is 1. The number of ether oxygens (including phenoxy) is 1. The molecule has 0 saturated heterocycles. The number of nitrogens with one attached hydrogen (secondary N) is 1. The van der Waals surface area contributed by atoms with E-state index in [2.05, 4.69) is 15.5 Å². The van der Waals surface area contributed by atoms with E-state index in [4.69, 9.17) is 9.15 Å². The molecule has 0 spiro atoms. The first-order valence-electron chi connectivity index (χ1n) is 8.27. The van der Waals surface area contributed by atoms with E-state index in [-0.39, 0.29) is 18.3 Å². The van der Waals surface area contributed by atoms with Crippen molar-refractivity contribution < 1.29 is 18.7 Å². The van der Waals surface area contributed by atoms with Crippen molar-refractivity contribution in [2.24, 2.45) is 0 Å². The van der Waals surface area contributed by atoms with Gasteiger partial charge < -0.3 is 19.0 Å². The van der Waals surface area contributed by atoms with Gasteiger partial charge >= 0.3 is 5.97 Å². The van der Waals surface area contributed by atoms with Crippen LogP contribution in [-0.2, 0) is 16.1 Å². The SMILES string of the molecule is CCOC(=O)c1c(-c2ccco2)csc1NC(=O)CSc1nncn1CC. The van der Waals surface area contributed by atoms with Gasteiger partial charge in [0.1, 0.15) is 22.7 Å². The second-order valence-corrected chi connectivity index (χ2v) is 7.11. The molecule has 10 heteroatoms. The fourth-order valence-electron chi connectivity index (χ4n) is 2.33. The maximum atomic E-state index is 12.4. The number of hydrogen-bond acceptors (Lipinski definition) is 8. The largest absolute Gasteiger partial charge is 0.464 e. The van der Waals surface area contributed by atoms with Gasteiger partial charge in [0.05, 0.1) is 18.6 Å². The average Bonchev–Trinajstić information content (AvgIpc) is 3.39. The van der Waals surface area contributed by atoms with Gasteiger partial charge in [-0.25, -0.2) is 4.79 Å². The standard InChI is InChI=1S/C17H18N4O4S2/c1-3-21-10-18-20-17(21)27-9-13(22)19-15-14(16(23)24-4-2)11(8-26-15)12-6-5-7-25-12/h5-8,10H,3-4,9H2,1-2H3,(H,19,22). The van der Waals surface area contributed by atoms with Gasteiger partial charge in [-0.3, -0.25) is 4.79 Å². The van der Waals surface area contributed by atoms with Crippen LogP contribution in [0.4, 0.5) is 5.00 Å². The molecule has 3 aromatic rings. The molecule has 0 atom stereocenters. The Bertz CT molecular complexity index is 917. The number of furan rings is 1. The third-order valence-corrected chi connectivity index (χ3v) is 5.44. The number of aryl methyl sites for hydroxylation is 1. The van der Waals surface area contributed by atoms with Crippen LogP contribution in [0.1, 0.15) is 24.2 Å².